The molecule has 0 heterocycles. The van der Waals surface area contributed by atoms with E-state index in [1.807, 2.05) is 30.3 Å². The van der Waals surface area contributed by atoms with E-state index in [9.17, 15) is 4.79 Å². The molecule has 0 saturated carbocycles. The van der Waals surface area contributed by atoms with E-state index in [2.05, 4.69) is 5.32 Å². The smallest absolute Gasteiger partial charge is 0.265 e. The topological polar surface area (TPSA) is 56.8 Å². The Bertz CT molecular complexity index is 861. The van der Waals surface area contributed by atoms with Crippen LogP contribution in [0.15, 0.2) is 78.9 Å². The highest BCUT2D eigenvalue weighted by Gasteiger charge is 2.15. The van der Waals surface area contributed by atoms with Crippen LogP contribution in [0.2, 0.25) is 0 Å². The van der Waals surface area contributed by atoms with E-state index >= 15 is 0 Å². The van der Waals surface area contributed by atoms with Gasteiger partial charge in [-0.15, -0.1) is 0 Å². The van der Waals surface area contributed by atoms with Gasteiger partial charge in [0.25, 0.3) is 5.91 Å². The van der Waals surface area contributed by atoms with Crippen LogP contribution in [0.4, 0.5) is 5.69 Å². The average Bonchev–Trinajstić information content (AvgIpc) is 2.71. The van der Waals surface area contributed by atoms with Gasteiger partial charge in [0.15, 0.2) is 6.10 Å². The van der Waals surface area contributed by atoms with Crippen molar-refractivity contribution in [1.29, 1.82) is 0 Å². The molecule has 5 nitrogen and oxygen atoms in total. The summed E-state index contributed by atoms with van der Waals surface area (Å²) in [5.41, 5.74) is 0.672. The van der Waals surface area contributed by atoms with E-state index in [-0.39, 0.29) is 5.91 Å². The summed E-state index contributed by atoms with van der Waals surface area (Å²) < 4.78 is 16.5. The number of hydrogen-bond acceptors (Lipinski definition) is 4. The summed E-state index contributed by atoms with van der Waals surface area (Å²) in [4.78, 5) is 12.3. The van der Waals surface area contributed by atoms with Crippen LogP contribution in [0.1, 0.15) is 6.92 Å². The van der Waals surface area contributed by atoms with Crippen molar-refractivity contribution in [3.05, 3.63) is 78.9 Å². The van der Waals surface area contributed by atoms with Crippen molar-refractivity contribution in [2.75, 3.05) is 12.4 Å². The molecule has 3 aromatic rings. The first kappa shape index (κ1) is 18.3. The number of rotatable bonds is 7. The fourth-order valence-electron chi connectivity index (χ4n) is 2.39. The molecule has 0 aliphatic heterocycles. The summed E-state index contributed by atoms with van der Waals surface area (Å²) in [6.45, 7) is 1.70. The first-order valence-corrected chi connectivity index (χ1v) is 8.58. The lowest BCUT2D eigenvalue weighted by atomic mass is 10.2. The molecule has 1 amide bonds. The molecule has 0 bridgehead atoms. The zero-order chi connectivity index (χ0) is 19.1. The van der Waals surface area contributed by atoms with Crippen LogP contribution < -0.4 is 19.5 Å². The highest BCUT2D eigenvalue weighted by molar-refractivity contribution is 5.94. The van der Waals surface area contributed by atoms with Crippen LogP contribution in [0.25, 0.3) is 0 Å². The molecular weight excluding hydrogens is 342 g/mol. The quantitative estimate of drug-likeness (QED) is 0.649. The molecule has 1 N–H and O–H groups in total. The maximum Gasteiger partial charge on any atom is 0.265 e. The fourth-order valence-corrected chi connectivity index (χ4v) is 2.39. The van der Waals surface area contributed by atoms with Crippen LogP contribution >= 0.6 is 0 Å². The third-order valence-corrected chi connectivity index (χ3v) is 3.84. The Labute approximate surface area is 158 Å². The summed E-state index contributed by atoms with van der Waals surface area (Å²) in [5, 5.41) is 2.83. The number of carbonyl (C=O) groups excluding carboxylic acids is 1. The van der Waals surface area contributed by atoms with Crippen molar-refractivity contribution >= 4 is 11.6 Å². The number of nitrogens with one attached hydrogen (secondary N) is 1. The van der Waals surface area contributed by atoms with E-state index in [0.29, 0.717) is 17.2 Å². The van der Waals surface area contributed by atoms with Crippen LogP contribution in [-0.2, 0) is 4.79 Å². The van der Waals surface area contributed by atoms with Gasteiger partial charge >= 0.3 is 0 Å². The number of methoxy groups -OCH3 is 1. The zero-order valence-electron chi connectivity index (χ0n) is 15.2. The maximum absolute atomic E-state index is 12.3. The lowest BCUT2D eigenvalue weighted by Gasteiger charge is -2.15. The van der Waals surface area contributed by atoms with E-state index in [4.69, 9.17) is 14.2 Å². The first-order chi connectivity index (χ1) is 13.1. The third-order valence-electron chi connectivity index (χ3n) is 3.84. The SMILES string of the molecule is COc1ccc(OC(C)C(=O)Nc2ccc(Oc3ccccc3)cc2)cc1. The van der Waals surface area contributed by atoms with E-state index in [0.717, 1.165) is 11.5 Å². The van der Waals surface area contributed by atoms with Gasteiger partial charge in [-0.3, -0.25) is 4.79 Å². The minimum atomic E-state index is -0.640. The molecule has 0 aliphatic carbocycles. The number of carbonyl (C=O) groups is 1. The van der Waals surface area contributed by atoms with Crippen LogP contribution in [0.5, 0.6) is 23.0 Å². The molecule has 138 valence electrons. The molecule has 1 atom stereocenters. The standard InChI is InChI=1S/C22H21NO4/c1-16(26-20-14-12-18(25-2)13-15-20)22(24)23-17-8-10-21(11-9-17)27-19-6-4-3-5-7-19/h3-16H,1-2H3,(H,23,24). The van der Waals surface area contributed by atoms with Crippen molar-refractivity contribution in [3.8, 4) is 23.0 Å². The van der Waals surface area contributed by atoms with Gasteiger partial charge < -0.3 is 19.5 Å². The number of benzene rings is 3. The van der Waals surface area contributed by atoms with Gasteiger partial charge in [0.05, 0.1) is 7.11 Å². The number of ether oxygens (including phenoxy) is 3. The molecule has 1 unspecified atom stereocenters. The third kappa shape index (κ3) is 5.25. The highest BCUT2D eigenvalue weighted by Crippen LogP contribution is 2.23. The Kier molecular flexibility index (Phi) is 5.94. The van der Waals surface area contributed by atoms with E-state index in [1.165, 1.54) is 0 Å². The van der Waals surface area contributed by atoms with Crippen molar-refractivity contribution in [1.82, 2.24) is 0 Å². The second-order valence-corrected chi connectivity index (χ2v) is 5.86. The van der Waals surface area contributed by atoms with E-state index < -0.39 is 6.10 Å². The minimum Gasteiger partial charge on any atom is -0.497 e. The number of hydrogen-bond donors (Lipinski definition) is 1. The summed E-state index contributed by atoms with van der Waals surface area (Å²) in [5.74, 6) is 2.56. The summed E-state index contributed by atoms with van der Waals surface area (Å²) in [6.07, 6.45) is -0.640. The molecular formula is C22H21NO4. The summed E-state index contributed by atoms with van der Waals surface area (Å²) in [7, 11) is 1.60. The van der Waals surface area contributed by atoms with Crippen LogP contribution in [0, 0.1) is 0 Å². The van der Waals surface area contributed by atoms with Gasteiger partial charge in [-0.1, -0.05) is 18.2 Å². The molecule has 27 heavy (non-hydrogen) atoms. The normalized spacial score (nSPS) is 11.3. The molecule has 0 spiro atoms. The predicted molar refractivity (Wildman–Crippen MR) is 105 cm³/mol. The largest absolute Gasteiger partial charge is 0.497 e. The molecule has 0 saturated heterocycles. The molecule has 0 fully saturated rings. The zero-order valence-corrected chi connectivity index (χ0v) is 15.2. The maximum atomic E-state index is 12.3. The van der Waals surface area contributed by atoms with Crippen LogP contribution in [-0.4, -0.2) is 19.1 Å². The van der Waals surface area contributed by atoms with Crippen molar-refractivity contribution < 1.29 is 19.0 Å². The number of para-hydroxylation sites is 1. The van der Waals surface area contributed by atoms with Crippen LogP contribution in [0.3, 0.4) is 0 Å². The van der Waals surface area contributed by atoms with Crippen molar-refractivity contribution in [3.63, 3.8) is 0 Å². The second kappa shape index (κ2) is 8.76. The molecule has 3 aromatic carbocycles. The summed E-state index contributed by atoms with van der Waals surface area (Å²) in [6, 6.07) is 23.8. The highest BCUT2D eigenvalue weighted by atomic mass is 16.5. The molecule has 3 rings (SSSR count). The van der Waals surface area contributed by atoms with Crippen molar-refractivity contribution in [2.45, 2.75) is 13.0 Å². The lowest BCUT2D eigenvalue weighted by molar-refractivity contribution is -0.122. The van der Waals surface area contributed by atoms with Gasteiger partial charge in [-0.25, -0.2) is 0 Å². The average molecular weight is 363 g/mol. The molecule has 0 radical (unpaired) electrons. The number of amides is 1. The Morgan fingerprint density at radius 1 is 0.778 bits per heavy atom. The van der Waals surface area contributed by atoms with Gasteiger partial charge in [-0.05, 0) is 67.6 Å². The fraction of sp³-hybridized carbons (Fsp3) is 0.136. The Balaban J connectivity index is 1.54. The molecule has 0 aromatic heterocycles. The number of anilines is 1. The van der Waals surface area contributed by atoms with Crippen molar-refractivity contribution in [2.24, 2.45) is 0 Å². The monoisotopic (exact) mass is 363 g/mol. The lowest BCUT2D eigenvalue weighted by Crippen LogP contribution is -2.30. The Hall–Kier alpha value is -3.47. The minimum absolute atomic E-state index is 0.234. The predicted octanol–water partition coefficient (Wildman–Crippen LogP) is 4.89. The second-order valence-electron chi connectivity index (χ2n) is 5.86. The van der Waals surface area contributed by atoms with Gasteiger partial charge in [0.1, 0.15) is 23.0 Å². The van der Waals surface area contributed by atoms with E-state index in [1.54, 1.807) is 62.6 Å². The van der Waals surface area contributed by atoms with Gasteiger partial charge in [0.2, 0.25) is 0 Å². The Morgan fingerprint density at radius 2 is 1.33 bits per heavy atom. The molecule has 5 heteroatoms. The first-order valence-electron chi connectivity index (χ1n) is 8.58. The van der Waals surface area contributed by atoms with Gasteiger partial charge in [0, 0.05) is 5.69 Å². The Morgan fingerprint density at radius 3 is 1.96 bits per heavy atom. The molecule has 0 aliphatic rings. The summed E-state index contributed by atoms with van der Waals surface area (Å²) >= 11 is 0. The van der Waals surface area contributed by atoms with Gasteiger partial charge in [-0.2, -0.15) is 0 Å².